The minimum Gasteiger partial charge on any atom is -0.367 e. The molecule has 0 saturated heterocycles. The van der Waals surface area contributed by atoms with Gasteiger partial charge in [-0.2, -0.15) is 0 Å². The third-order valence-corrected chi connectivity index (χ3v) is 5.02. The zero-order valence-electron chi connectivity index (χ0n) is 11.9. The number of amides is 1. The van der Waals surface area contributed by atoms with E-state index in [1.165, 1.54) is 0 Å². The highest BCUT2D eigenvalue weighted by molar-refractivity contribution is 6.30. The van der Waals surface area contributed by atoms with Gasteiger partial charge in [0, 0.05) is 10.2 Å². The monoisotopic (exact) mass is 305 g/mol. The van der Waals surface area contributed by atoms with Crippen LogP contribution in [0.15, 0.2) is 23.2 Å². The van der Waals surface area contributed by atoms with Gasteiger partial charge in [0.1, 0.15) is 0 Å². The molecular weight excluding hydrogens is 286 g/mol. The second-order valence-corrected chi connectivity index (χ2v) is 6.60. The predicted molar refractivity (Wildman–Crippen MR) is 83.2 cm³/mol. The van der Waals surface area contributed by atoms with E-state index in [0.29, 0.717) is 5.02 Å². The number of primary amides is 1. The summed E-state index contributed by atoms with van der Waals surface area (Å²) in [6, 6.07) is 5.40. The molecule has 3 rings (SSSR count). The van der Waals surface area contributed by atoms with Crippen molar-refractivity contribution in [2.75, 3.05) is 0 Å². The summed E-state index contributed by atoms with van der Waals surface area (Å²) in [4.78, 5) is 16.9. The normalized spacial score (nSPS) is 27.1. The molecule has 2 aliphatic rings. The van der Waals surface area contributed by atoms with Crippen LogP contribution < -0.4 is 22.0 Å². The molecule has 1 fully saturated rings. The maximum absolute atomic E-state index is 12.3. The summed E-state index contributed by atoms with van der Waals surface area (Å²) in [7, 11) is 0. The molecule has 1 aliphatic carbocycles. The second-order valence-electron chi connectivity index (χ2n) is 6.16. The van der Waals surface area contributed by atoms with Crippen LogP contribution in [-0.2, 0) is 4.79 Å². The lowest BCUT2D eigenvalue weighted by atomic mass is 9.72. The van der Waals surface area contributed by atoms with Gasteiger partial charge < -0.3 is 11.5 Å². The Hall–Kier alpha value is -1.39. The minimum atomic E-state index is -1.15. The lowest BCUT2D eigenvalue weighted by molar-refractivity contribution is -0.123. The zero-order valence-corrected chi connectivity index (χ0v) is 12.7. The summed E-state index contributed by atoms with van der Waals surface area (Å²) < 4.78 is 0. The van der Waals surface area contributed by atoms with Gasteiger partial charge in [0.25, 0.3) is 5.91 Å². The van der Waals surface area contributed by atoms with E-state index < -0.39 is 17.0 Å². The first kappa shape index (κ1) is 14.5. The van der Waals surface area contributed by atoms with Gasteiger partial charge >= 0.3 is 0 Å². The molecule has 1 amide bonds. The van der Waals surface area contributed by atoms with Gasteiger partial charge in [-0.3, -0.25) is 9.79 Å². The number of nitrogens with zero attached hydrogens (tertiary/aromatic N) is 1. The van der Waals surface area contributed by atoms with Crippen LogP contribution in [0.3, 0.4) is 0 Å². The van der Waals surface area contributed by atoms with Crippen molar-refractivity contribution >= 4 is 23.6 Å². The number of nitrogens with two attached hydrogens (primary N) is 2. The molecule has 1 unspecified atom stereocenters. The highest BCUT2D eigenvalue weighted by Gasteiger charge is 2.52. The Kier molecular flexibility index (Phi) is 3.54. The van der Waals surface area contributed by atoms with Crippen molar-refractivity contribution in [2.24, 2.45) is 16.5 Å². The average Bonchev–Trinajstić information content (AvgIpc) is 2.69. The first-order valence-corrected chi connectivity index (χ1v) is 7.82. The van der Waals surface area contributed by atoms with E-state index in [9.17, 15) is 4.79 Å². The Morgan fingerprint density at radius 3 is 2.48 bits per heavy atom. The van der Waals surface area contributed by atoms with E-state index in [-0.39, 0.29) is 0 Å². The molecule has 1 aromatic rings. The number of fused-ring (bicyclic) bond motifs is 1. The molecule has 0 bridgehead atoms. The first-order chi connectivity index (χ1) is 9.97. The van der Waals surface area contributed by atoms with E-state index in [1.54, 1.807) is 6.07 Å². The van der Waals surface area contributed by atoms with Gasteiger partial charge in [0.15, 0.2) is 5.54 Å². The van der Waals surface area contributed by atoms with Crippen LogP contribution in [0, 0.1) is 0 Å². The second kappa shape index (κ2) is 5.11. The SMILES string of the molecule is NC(=O)C1(C2(N)CCCCCC2)C=c2cc(Cl)ccc2=N1. The molecule has 0 spiro atoms. The van der Waals surface area contributed by atoms with Crippen molar-refractivity contribution in [1.82, 2.24) is 0 Å². The summed E-state index contributed by atoms with van der Waals surface area (Å²) in [6.07, 6.45) is 7.65. The number of carbonyl (C=O) groups excluding carboxylic acids is 1. The van der Waals surface area contributed by atoms with Crippen molar-refractivity contribution in [3.63, 3.8) is 0 Å². The van der Waals surface area contributed by atoms with Crippen molar-refractivity contribution in [1.29, 1.82) is 0 Å². The molecule has 1 aliphatic heterocycles. The lowest BCUT2D eigenvalue weighted by Crippen LogP contribution is -2.64. The fourth-order valence-electron chi connectivity index (χ4n) is 3.56. The van der Waals surface area contributed by atoms with Crippen LogP contribution in [0.1, 0.15) is 38.5 Å². The van der Waals surface area contributed by atoms with E-state index in [0.717, 1.165) is 49.1 Å². The topological polar surface area (TPSA) is 81.5 Å². The number of rotatable bonds is 2. The van der Waals surface area contributed by atoms with Crippen molar-refractivity contribution in [3.8, 4) is 0 Å². The van der Waals surface area contributed by atoms with E-state index >= 15 is 0 Å². The smallest absolute Gasteiger partial charge is 0.251 e. The fourth-order valence-corrected chi connectivity index (χ4v) is 3.74. The minimum absolute atomic E-state index is 0.473. The summed E-state index contributed by atoms with van der Waals surface area (Å²) in [5.41, 5.74) is 10.5. The van der Waals surface area contributed by atoms with Gasteiger partial charge in [0.05, 0.1) is 10.9 Å². The maximum Gasteiger partial charge on any atom is 0.251 e. The Morgan fingerprint density at radius 2 is 1.86 bits per heavy atom. The van der Waals surface area contributed by atoms with Crippen LogP contribution in [-0.4, -0.2) is 17.0 Å². The zero-order chi connectivity index (χ0) is 15.1. The molecule has 1 aromatic carbocycles. The molecule has 112 valence electrons. The molecule has 1 atom stereocenters. The molecule has 5 heteroatoms. The van der Waals surface area contributed by atoms with E-state index in [1.807, 2.05) is 18.2 Å². The number of hydrogen-bond acceptors (Lipinski definition) is 3. The van der Waals surface area contributed by atoms with Gasteiger partial charge in [-0.1, -0.05) is 37.3 Å². The van der Waals surface area contributed by atoms with Gasteiger partial charge in [-0.15, -0.1) is 0 Å². The quantitative estimate of drug-likeness (QED) is 0.800. The molecule has 4 N–H and O–H groups in total. The molecule has 0 radical (unpaired) electrons. The Morgan fingerprint density at radius 1 is 1.19 bits per heavy atom. The van der Waals surface area contributed by atoms with Crippen LogP contribution in [0.25, 0.3) is 6.08 Å². The summed E-state index contributed by atoms with van der Waals surface area (Å²) in [6.45, 7) is 0. The third kappa shape index (κ3) is 2.27. The average molecular weight is 306 g/mol. The highest BCUT2D eigenvalue weighted by Crippen LogP contribution is 2.38. The molecule has 0 aromatic heterocycles. The number of carbonyl (C=O) groups is 1. The van der Waals surface area contributed by atoms with Crippen LogP contribution in [0.5, 0.6) is 0 Å². The predicted octanol–water partition coefficient (Wildman–Crippen LogP) is 1.03. The molecule has 21 heavy (non-hydrogen) atoms. The summed E-state index contributed by atoms with van der Waals surface area (Å²) >= 11 is 6.03. The third-order valence-electron chi connectivity index (χ3n) is 4.78. The van der Waals surface area contributed by atoms with Crippen molar-refractivity contribution in [2.45, 2.75) is 49.6 Å². The van der Waals surface area contributed by atoms with Crippen molar-refractivity contribution in [3.05, 3.63) is 33.8 Å². The maximum atomic E-state index is 12.3. The van der Waals surface area contributed by atoms with Crippen LogP contribution in [0.4, 0.5) is 0 Å². The standard InChI is InChI=1S/C16H20ClN3O/c17-12-5-6-13-11(9-12)10-16(20-13,14(18)21)15(19)7-3-1-2-4-8-15/h5-6,9-10H,1-4,7-8,19H2,(H2,18,21). The number of halogens is 1. The Balaban J connectivity index is 2.17. The molecular formula is C16H20ClN3O. The molecule has 4 nitrogen and oxygen atoms in total. The van der Waals surface area contributed by atoms with Crippen molar-refractivity contribution < 1.29 is 4.79 Å². The van der Waals surface area contributed by atoms with Gasteiger partial charge in [-0.05, 0) is 37.1 Å². The fraction of sp³-hybridized carbons (Fsp3) is 0.500. The number of benzene rings is 1. The molecule has 1 heterocycles. The first-order valence-electron chi connectivity index (χ1n) is 7.44. The summed E-state index contributed by atoms with van der Waals surface area (Å²) in [5.74, 6) is -0.473. The van der Waals surface area contributed by atoms with E-state index in [4.69, 9.17) is 23.1 Å². The largest absolute Gasteiger partial charge is 0.367 e. The van der Waals surface area contributed by atoms with Crippen LogP contribution in [0.2, 0.25) is 5.02 Å². The summed E-state index contributed by atoms with van der Waals surface area (Å²) in [5, 5.41) is 2.20. The highest BCUT2D eigenvalue weighted by atomic mass is 35.5. The van der Waals surface area contributed by atoms with Gasteiger partial charge in [-0.25, -0.2) is 0 Å². The lowest BCUT2D eigenvalue weighted by Gasteiger charge is -2.40. The van der Waals surface area contributed by atoms with Crippen LogP contribution >= 0.6 is 11.6 Å². The number of hydrogen-bond donors (Lipinski definition) is 2. The van der Waals surface area contributed by atoms with E-state index in [2.05, 4.69) is 4.99 Å². The molecule has 1 saturated carbocycles. The van der Waals surface area contributed by atoms with Gasteiger partial charge in [0.2, 0.25) is 0 Å². The Bertz CT molecular complexity index is 692. The Labute approximate surface area is 128 Å².